The maximum absolute atomic E-state index is 11.3. The first-order chi connectivity index (χ1) is 8.58. The first-order valence-electron chi connectivity index (χ1n) is 5.29. The van der Waals surface area contributed by atoms with Crippen LogP contribution in [-0.2, 0) is 5.75 Å². The molecule has 0 saturated heterocycles. The van der Waals surface area contributed by atoms with E-state index in [0.29, 0.717) is 16.3 Å². The zero-order valence-electron chi connectivity index (χ0n) is 10.0. The molecule has 1 N–H and O–H groups in total. The fraction of sp³-hybridized carbons (Fsp3) is 0.250. The van der Waals surface area contributed by atoms with Crippen LogP contribution in [0.4, 0.5) is 0 Å². The van der Waals surface area contributed by atoms with Crippen molar-refractivity contribution in [3.05, 3.63) is 39.5 Å². The molecule has 0 atom stereocenters. The van der Waals surface area contributed by atoms with Gasteiger partial charge in [-0.1, -0.05) is 11.8 Å². The Labute approximate surface area is 113 Å². The molecule has 18 heavy (non-hydrogen) atoms. The third kappa shape index (κ3) is 2.88. The minimum atomic E-state index is -0.924. The average Bonchev–Trinajstić information content (AvgIpc) is 2.77. The van der Waals surface area contributed by atoms with Crippen molar-refractivity contribution in [1.82, 2.24) is 9.97 Å². The van der Waals surface area contributed by atoms with Gasteiger partial charge in [0.2, 0.25) is 0 Å². The molecule has 0 aliphatic heterocycles. The van der Waals surface area contributed by atoms with E-state index in [1.165, 1.54) is 11.8 Å². The van der Waals surface area contributed by atoms with Gasteiger partial charge in [0.05, 0.1) is 11.1 Å². The van der Waals surface area contributed by atoms with Gasteiger partial charge in [-0.2, -0.15) is 0 Å². The van der Waals surface area contributed by atoms with Gasteiger partial charge in [-0.15, -0.1) is 11.3 Å². The van der Waals surface area contributed by atoms with Crippen molar-refractivity contribution >= 4 is 29.1 Å². The minimum Gasteiger partial charge on any atom is -0.478 e. The van der Waals surface area contributed by atoms with Crippen LogP contribution < -0.4 is 0 Å². The SMILES string of the molecule is Cc1cc(C)c(C(=O)O)c(SCc2cncs2)n1. The second kappa shape index (κ2) is 5.49. The Bertz CT molecular complexity index is 568. The summed E-state index contributed by atoms with van der Waals surface area (Å²) in [4.78, 5) is 20.7. The number of carboxylic acids is 1. The zero-order valence-corrected chi connectivity index (χ0v) is 11.6. The molecule has 0 saturated carbocycles. The van der Waals surface area contributed by atoms with Crippen molar-refractivity contribution in [2.45, 2.75) is 24.6 Å². The van der Waals surface area contributed by atoms with E-state index in [2.05, 4.69) is 9.97 Å². The Morgan fingerprint density at radius 1 is 1.50 bits per heavy atom. The average molecular weight is 280 g/mol. The van der Waals surface area contributed by atoms with Crippen LogP contribution in [-0.4, -0.2) is 21.0 Å². The second-order valence-corrected chi connectivity index (χ2v) is 5.76. The molecule has 4 nitrogen and oxygen atoms in total. The van der Waals surface area contributed by atoms with Gasteiger partial charge in [0.1, 0.15) is 5.03 Å². The molecule has 0 amide bonds. The smallest absolute Gasteiger partial charge is 0.338 e. The normalized spacial score (nSPS) is 10.6. The number of rotatable bonds is 4. The number of thioether (sulfide) groups is 1. The van der Waals surface area contributed by atoms with E-state index in [1.807, 2.05) is 6.92 Å². The molecule has 2 aromatic rings. The quantitative estimate of drug-likeness (QED) is 0.872. The lowest BCUT2D eigenvalue weighted by Gasteiger charge is -2.08. The number of thiazole rings is 1. The van der Waals surface area contributed by atoms with Crippen LogP contribution in [0, 0.1) is 13.8 Å². The number of carbonyl (C=O) groups is 1. The van der Waals surface area contributed by atoms with Gasteiger partial charge in [0, 0.05) is 22.5 Å². The molecule has 0 bridgehead atoms. The largest absolute Gasteiger partial charge is 0.478 e. The Balaban J connectivity index is 2.28. The number of aromatic carboxylic acids is 1. The zero-order chi connectivity index (χ0) is 13.1. The lowest BCUT2D eigenvalue weighted by Crippen LogP contribution is -2.05. The fourth-order valence-electron chi connectivity index (χ4n) is 1.62. The first kappa shape index (κ1) is 13.0. The van der Waals surface area contributed by atoms with Gasteiger partial charge in [-0.05, 0) is 25.5 Å². The van der Waals surface area contributed by atoms with Crippen LogP contribution in [0.2, 0.25) is 0 Å². The van der Waals surface area contributed by atoms with Crippen LogP contribution in [0.25, 0.3) is 0 Å². The topological polar surface area (TPSA) is 63.1 Å². The highest BCUT2D eigenvalue weighted by Gasteiger charge is 2.16. The van der Waals surface area contributed by atoms with E-state index in [0.717, 1.165) is 16.1 Å². The van der Waals surface area contributed by atoms with Gasteiger partial charge < -0.3 is 5.11 Å². The summed E-state index contributed by atoms with van der Waals surface area (Å²) in [5, 5.41) is 9.81. The maximum Gasteiger partial charge on any atom is 0.338 e. The van der Waals surface area contributed by atoms with Crippen molar-refractivity contribution in [1.29, 1.82) is 0 Å². The van der Waals surface area contributed by atoms with E-state index in [4.69, 9.17) is 0 Å². The highest BCUT2D eigenvalue weighted by atomic mass is 32.2. The summed E-state index contributed by atoms with van der Waals surface area (Å²) in [5.41, 5.74) is 3.66. The van der Waals surface area contributed by atoms with E-state index < -0.39 is 5.97 Å². The van der Waals surface area contributed by atoms with Crippen molar-refractivity contribution in [3.63, 3.8) is 0 Å². The number of aromatic nitrogens is 2. The van der Waals surface area contributed by atoms with Crippen molar-refractivity contribution in [2.24, 2.45) is 0 Å². The van der Waals surface area contributed by atoms with Crippen molar-refractivity contribution in [3.8, 4) is 0 Å². The van der Waals surface area contributed by atoms with Crippen LogP contribution in [0.5, 0.6) is 0 Å². The number of aryl methyl sites for hydroxylation is 2. The van der Waals surface area contributed by atoms with E-state index in [-0.39, 0.29) is 0 Å². The number of hydrogen-bond donors (Lipinski definition) is 1. The maximum atomic E-state index is 11.3. The molecule has 0 fully saturated rings. The van der Waals surface area contributed by atoms with Crippen LogP contribution >= 0.6 is 23.1 Å². The molecule has 0 aliphatic rings. The molecule has 0 aromatic carbocycles. The fourth-order valence-corrected chi connectivity index (χ4v) is 3.40. The standard InChI is InChI=1S/C12H12N2O2S2/c1-7-3-8(2)14-11(10(7)12(15)16)17-5-9-4-13-6-18-9/h3-4,6H,5H2,1-2H3,(H,15,16). The summed E-state index contributed by atoms with van der Waals surface area (Å²) in [6, 6.07) is 1.79. The lowest BCUT2D eigenvalue weighted by molar-refractivity contribution is 0.0691. The molecule has 2 aromatic heterocycles. The molecular weight excluding hydrogens is 268 g/mol. The molecule has 0 aliphatic carbocycles. The lowest BCUT2D eigenvalue weighted by atomic mass is 10.1. The number of nitrogens with zero attached hydrogens (tertiary/aromatic N) is 2. The summed E-state index contributed by atoms with van der Waals surface area (Å²) in [5.74, 6) is -0.229. The third-order valence-corrected chi connectivity index (χ3v) is 4.35. The summed E-state index contributed by atoms with van der Waals surface area (Å²) in [7, 11) is 0. The molecule has 2 rings (SSSR count). The molecule has 0 unspecified atom stereocenters. The van der Waals surface area contributed by atoms with Gasteiger partial charge in [0.25, 0.3) is 0 Å². The Morgan fingerprint density at radius 3 is 2.89 bits per heavy atom. The molecule has 2 heterocycles. The van der Waals surface area contributed by atoms with E-state index >= 15 is 0 Å². The molecule has 6 heteroatoms. The molecule has 94 valence electrons. The summed E-state index contributed by atoms with van der Waals surface area (Å²) in [6.45, 7) is 3.67. The summed E-state index contributed by atoms with van der Waals surface area (Å²) >= 11 is 3.00. The monoisotopic (exact) mass is 280 g/mol. The first-order valence-corrected chi connectivity index (χ1v) is 7.16. The molecule has 0 spiro atoms. The minimum absolute atomic E-state index is 0.301. The molecule has 0 radical (unpaired) electrons. The van der Waals surface area contributed by atoms with Crippen molar-refractivity contribution in [2.75, 3.05) is 0 Å². The molecular formula is C12H12N2O2S2. The highest BCUT2D eigenvalue weighted by Crippen LogP contribution is 2.28. The van der Waals surface area contributed by atoms with Crippen LogP contribution in [0.15, 0.2) is 22.8 Å². The number of hydrogen-bond acceptors (Lipinski definition) is 5. The highest BCUT2D eigenvalue weighted by molar-refractivity contribution is 7.98. The van der Waals surface area contributed by atoms with Gasteiger partial charge >= 0.3 is 5.97 Å². The summed E-state index contributed by atoms with van der Waals surface area (Å²) in [6.07, 6.45) is 1.79. The Hall–Kier alpha value is -1.40. The second-order valence-electron chi connectivity index (χ2n) is 3.82. The third-order valence-electron chi connectivity index (χ3n) is 2.36. The van der Waals surface area contributed by atoms with E-state index in [1.54, 1.807) is 36.0 Å². The predicted octanol–water partition coefficient (Wildman–Crippen LogP) is 3.15. The Kier molecular flexibility index (Phi) is 3.98. The van der Waals surface area contributed by atoms with Gasteiger partial charge in [0.15, 0.2) is 0 Å². The van der Waals surface area contributed by atoms with Crippen LogP contribution in [0.1, 0.15) is 26.5 Å². The van der Waals surface area contributed by atoms with Crippen LogP contribution in [0.3, 0.4) is 0 Å². The number of pyridine rings is 1. The predicted molar refractivity (Wildman–Crippen MR) is 72.3 cm³/mol. The van der Waals surface area contributed by atoms with Gasteiger partial charge in [-0.3, -0.25) is 4.98 Å². The number of carboxylic acid groups (broad SMARTS) is 1. The summed E-state index contributed by atoms with van der Waals surface area (Å²) < 4.78 is 0. The van der Waals surface area contributed by atoms with E-state index in [9.17, 15) is 9.90 Å². The van der Waals surface area contributed by atoms with Crippen molar-refractivity contribution < 1.29 is 9.90 Å². The Morgan fingerprint density at radius 2 is 2.28 bits per heavy atom. The van der Waals surface area contributed by atoms with Gasteiger partial charge in [-0.25, -0.2) is 9.78 Å².